The molecule has 29 heavy (non-hydrogen) atoms. The van der Waals surface area contributed by atoms with E-state index in [0.717, 1.165) is 20.3 Å². The number of aryl methyl sites for hydroxylation is 1. The normalized spacial score (nSPS) is 13.9. The molecule has 148 valence electrons. The molecule has 0 bridgehead atoms. The van der Waals surface area contributed by atoms with Gasteiger partial charge in [-0.1, -0.05) is 6.07 Å². The van der Waals surface area contributed by atoms with Crippen LogP contribution in [-0.4, -0.2) is 39.9 Å². The van der Waals surface area contributed by atoms with E-state index >= 15 is 0 Å². The van der Waals surface area contributed by atoms with E-state index in [2.05, 4.69) is 15.4 Å². The van der Waals surface area contributed by atoms with Crippen LogP contribution in [0.2, 0.25) is 0 Å². The minimum Gasteiger partial charge on any atom is -0.469 e. The van der Waals surface area contributed by atoms with Gasteiger partial charge in [-0.25, -0.2) is 9.97 Å². The van der Waals surface area contributed by atoms with Crippen LogP contribution in [-0.2, 0) is 25.5 Å². The predicted molar refractivity (Wildman–Crippen MR) is 110 cm³/mol. The highest BCUT2D eigenvalue weighted by Crippen LogP contribution is 2.37. The lowest BCUT2D eigenvalue weighted by Gasteiger charge is -2.17. The van der Waals surface area contributed by atoms with Crippen molar-refractivity contribution in [1.82, 2.24) is 15.0 Å². The first kappa shape index (κ1) is 19.2. The maximum absolute atomic E-state index is 12.3. The van der Waals surface area contributed by atoms with Crippen LogP contribution >= 0.6 is 22.7 Å². The molecule has 10 heteroatoms. The standard InChI is InChI=1S/C19H16N4O4S2/c1-9-7-13(24)23(19(9)26)22-17-15-10(2)12(8-14(25)27-3)29-18(15)21-16(20-17)11-5-4-6-28-11/h4-7H,8H2,1-3H3,(H,20,21,22). The highest BCUT2D eigenvalue weighted by atomic mass is 32.1. The van der Waals surface area contributed by atoms with Crippen molar-refractivity contribution in [2.75, 3.05) is 12.5 Å². The molecule has 0 unspecified atom stereocenters. The molecule has 4 rings (SSSR count). The quantitative estimate of drug-likeness (QED) is 0.492. The van der Waals surface area contributed by atoms with Gasteiger partial charge in [0.2, 0.25) is 0 Å². The highest BCUT2D eigenvalue weighted by molar-refractivity contribution is 7.19. The largest absolute Gasteiger partial charge is 0.469 e. The average Bonchev–Trinajstić information content (AvgIpc) is 3.39. The first-order valence-corrected chi connectivity index (χ1v) is 10.3. The summed E-state index contributed by atoms with van der Waals surface area (Å²) in [4.78, 5) is 47.8. The number of ether oxygens (including phenoxy) is 1. The van der Waals surface area contributed by atoms with Gasteiger partial charge < -0.3 is 4.74 Å². The van der Waals surface area contributed by atoms with Crippen LogP contribution in [0.1, 0.15) is 17.4 Å². The summed E-state index contributed by atoms with van der Waals surface area (Å²) in [6, 6.07) is 3.78. The highest BCUT2D eigenvalue weighted by Gasteiger charge is 2.30. The molecule has 0 saturated heterocycles. The van der Waals surface area contributed by atoms with Crippen molar-refractivity contribution < 1.29 is 19.1 Å². The fourth-order valence-electron chi connectivity index (χ4n) is 2.95. The van der Waals surface area contributed by atoms with Gasteiger partial charge in [0.15, 0.2) is 11.6 Å². The Labute approximate surface area is 173 Å². The fraction of sp³-hybridized carbons (Fsp3) is 0.211. The van der Waals surface area contributed by atoms with Crippen molar-refractivity contribution >= 4 is 56.5 Å². The molecular weight excluding hydrogens is 412 g/mol. The Morgan fingerprint density at radius 2 is 2.07 bits per heavy atom. The fourth-order valence-corrected chi connectivity index (χ4v) is 4.77. The van der Waals surface area contributed by atoms with E-state index in [0.29, 0.717) is 27.4 Å². The van der Waals surface area contributed by atoms with Crippen LogP contribution in [0, 0.1) is 6.92 Å². The number of nitrogens with one attached hydrogen (secondary N) is 1. The number of hydrogen-bond acceptors (Lipinski definition) is 9. The zero-order valence-corrected chi connectivity index (χ0v) is 17.4. The average molecular weight is 428 g/mol. The van der Waals surface area contributed by atoms with E-state index in [-0.39, 0.29) is 12.4 Å². The summed E-state index contributed by atoms with van der Waals surface area (Å²) < 4.78 is 4.78. The number of esters is 1. The van der Waals surface area contributed by atoms with Gasteiger partial charge in [0.05, 0.1) is 23.8 Å². The topological polar surface area (TPSA) is 101 Å². The Hall–Kier alpha value is -3.11. The van der Waals surface area contributed by atoms with Gasteiger partial charge in [0.1, 0.15) is 4.83 Å². The molecule has 4 heterocycles. The minimum atomic E-state index is -0.459. The lowest BCUT2D eigenvalue weighted by atomic mass is 10.1. The zero-order chi connectivity index (χ0) is 20.7. The molecule has 0 aromatic carbocycles. The summed E-state index contributed by atoms with van der Waals surface area (Å²) in [5.74, 6) is -0.426. The van der Waals surface area contributed by atoms with E-state index in [4.69, 9.17) is 4.74 Å². The summed E-state index contributed by atoms with van der Waals surface area (Å²) in [5, 5.41) is 3.52. The molecule has 2 amide bonds. The lowest BCUT2D eigenvalue weighted by Crippen LogP contribution is -2.36. The molecule has 0 aliphatic carbocycles. The Bertz CT molecular complexity index is 1180. The van der Waals surface area contributed by atoms with Crippen molar-refractivity contribution in [3.8, 4) is 10.7 Å². The van der Waals surface area contributed by atoms with Crippen LogP contribution < -0.4 is 5.43 Å². The molecule has 0 fully saturated rings. The SMILES string of the molecule is COC(=O)Cc1sc2nc(-c3cccs3)nc(NN3C(=O)C=C(C)C3=O)c2c1C. The number of amides is 2. The molecule has 1 aliphatic heterocycles. The number of carbonyl (C=O) groups is 3. The second kappa shape index (κ2) is 7.37. The molecular formula is C19H16N4O4S2. The monoisotopic (exact) mass is 428 g/mol. The van der Waals surface area contributed by atoms with E-state index in [1.807, 2.05) is 24.4 Å². The number of fused-ring (bicyclic) bond motifs is 1. The number of carbonyl (C=O) groups excluding carboxylic acids is 3. The smallest absolute Gasteiger partial charge is 0.310 e. The first-order valence-electron chi connectivity index (χ1n) is 8.63. The Morgan fingerprint density at radius 3 is 2.69 bits per heavy atom. The zero-order valence-electron chi connectivity index (χ0n) is 15.8. The van der Waals surface area contributed by atoms with Crippen molar-refractivity contribution in [1.29, 1.82) is 0 Å². The van der Waals surface area contributed by atoms with Gasteiger partial charge in [-0.2, -0.15) is 5.01 Å². The van der Waals surface area contributed by atoms with Gasteiger partial charge in [-0.3, -0.25) is 19.8 Å². The Morgan fingerprint density at radius 1 is 1.28 bits per heavy atom. The maximum atomic E-state index is 12.3. The van der Waals surface area contributed by atoms with Crippen LogP contribution in [0.5, 0.6) is 0 Å². The number of aromatic nitrogens is 2. The molecule has 0 saturated carbocycles. The van der Waals surface area contributed by atoms with Gasteiger partial charge >= 0.3 is 5.97 Å². The second-order valence-corrected chi connectivity index (χ2v) is 8.41. The number of hydrogen-bond donors (Lipinski definition) is 1. The minimum absolute atomic E-state index is 0.110. The van der Waals surface area contributed by atoms with Gasteiger partial charge in [0, 0.05) is 16.5 Å². The maximum Gasteiger partial charge on any atom is 0.310 e. The van der Waals surface area contributed by atoms with Crippen molar-refractivity contribution in [3.05, 3.63) is 39.6 Å². The summed E-state index contributed by atoms with van der Waals surface area (Å²) in [6.07, 6.45) is 1.39. The number of methoxy groups -OCH3 is 1. The molecule has 1 aliphatic rings. The van der Waals surface area contributed by atoms with Crippen LogP contribution in [0.25, 0.3) is 20.9 Å². The van der Waals surface area contributed by atoms with Crippen LogP contribution in [0.4, 0.5) is 5.82 Å². The summed E-state index contributed by atoms with van der Waals surface area (Å²) in [5.41, 5.74) is 4.02. The molecule has 0 radical (unpaired) electrons. The van der Waals surface area contributed by atoms with E-state index in [9.17, 15) is 14.4 Å². The molecule has 3 aromatic rings. The lowest BCUT2D eigenvalue weighted by molar-refractivity contribution is -0.140. The second-order valence-electron chi connectivity index (χ2n) is 6.37. The number of hydrazine groups is 1. The molecule has 8 nitrogen and oxygen atoms in total. The van der Waals surface area contributed by atoms with Gasteiger partial charge in [-0.15, -0.1) is 22.7 Å². The molecule has 3 aromatic heterocycles. The van der Waals surface area contributed by atoms with Crippen molar-refractivity contribution in [3.63, 3.8) is 0 Å². The van der Waals surface area contributed by atoms with E-state index in [1.54, 1.807) is 6.92 Å². The number of rotatable bonds is 5. The van der Waals surface area contributed by atoms with Gasteiger partial charge in [0.25, 0.3) is 11.8 Å². The number of thiophene rings is 2. The third kappa shape index (κ3) is 3.40. The summed E-state index contributed by atoms with van der Waals surface area (Å²) in [7, 11) is 1.34. The van der Waals surface area contributed by atoms with Crippen LogP contribution in [0.15, 0.2) is 29.2 Å². The van der Waals surface area contributed by atoms with E-state index < -0.39 is 11.8 Å². The van der Waals surface area contributed by atoms with Crippen molar-refractivity contribution in [2.45, 2.75) is 20.3 Å². The third-order valence-corrected chi connectivity index (χ3v) is 6.53. The van der Waals surface area contributed by atoms with Crippen LogP contribution in [0.3, 0.4) is 0 Å². The summed E-state index contributed by atoms with van der Waals surface area (Å²) >= 11 is 2.85. The molecule has 0 atom stereocenters. The Kier molecular flexibility index (Phi) is 4.89. The third-order valence-electron chi connectivity index (χ3n) is 4.48. The van der Waals surface area contributed by atoms with E-state index in [1.165, 1.54) is 35.9 Å². The predicted octanol–water partition coefficient (Wildman–Crippen LogP) is 3.09. The Balaban J connectivity index is 1.85. The molecule has 0 spiro atoms. The first-order chi connectivity index (χ1) is 13.9. The number of nitrogens with zero attached hydrogens (tertiary/aromatic N) is 3. The van der Waals surface area contributed by atoms with Gasteiger partial charge in [-0.05, 0) is 30.9 Å². The van der Waals surface area contributed by atoms with Crippen molar-refractivity contribution in [2.24, 2.45) is 0 Å². The number of anilines is 1. The molecule has 1 N–H and O–H groups in total. The number of imide groups is 1. The summed E-state index contributed by atoms with van der Waals surface area (Å²) in [6.45, 7) is 3.44.